The normalized spacial score (nSPS) is 16.3. The number of aliphatic carboxylic acids is 1. The molecule has 0 spiro atoms. The lowest BCUT2D eigenvalue weighted by Gasteiger charge is -2.28. The number of nitrogens with zero attached hydrogens (tertiary/aromatic N) is 2. The lowest BCUT2D eigenvalue weighted by atomic mass is 9.92. The van der Waals surface area contributed by atoms with Crippen molar-refractivity contribution in [3.8, 4) is 5.69 Å². The number of hydrogen-bond acceptors (Lipinski definition) is 3. The summed E-state index contributed by atoms with van der Waals surface area (Å²) in [5.41, 5.74) is -1.28. The first-order valence-corrected chi connectivity index (χ1v) is 8.46. The minimum absolute atomic E-state index is 0.160. The van der Waals surface area contributed by atoms with Crippen LogP contribution in [0.4, 0.5) is 13.2 Å². The molecule has 1 aliphatic carbocycles. The summed E-state index contributed by atoms with van der Waals surface area (Å²) >= 11 is 0. The van der Waals surface area contributed by atoms with Crippen molar-refractivity contribution in [1.82, 2.24) is 15.1 Å². The van der Waals surface area contributed by atoms with Gasteiger partial charge in [0, 0.05) is 11.8 Å². The third kappa shape index (κ3) is 4.29. The Morgan fingerprint density at radius 2 is 1.93 bits per heavy atom. The zero-order chi connectivity index (χ0) is 19.7. The first-order chi connectivity index (χ1) is 12.7. The molecule has 0 saturated heterocycles. The molecule has 1 heterocycles. The van der Waals surface area contributed by atoms with Crippen LogP contribution in [-0.2, 0) is 11.0 Å². The van der Waals surface area contributed by atoms with E-state index >= 15 is 0 Å². The summed E-state index contributed by atoms with van der Waals surface area (Å²) in [6.07, 6.45) is -0.707. The van der Waals surface area contributed by atoms with Gasteiger partial charge in [-0.25, -0.2) is 4.68 Å². The Morgan fingerprint density at radius 3 is 2.52 bits per heavy atom. The van der Waals surface area contributed by atoms with Gasteiger partial charge in [0.1, 0.15) is 0 Å². The van der Waals surface area contributed by atoms with Gasteiger partial charge in [0.05, 0.1) is 17.6 Å². The molecule has 1 aromatic heterocycles. The number of carbonyl (C=O) groups is 2. The molecular formula is C18H18F3N3O3. The molecule has 2 N–H and O–H groups in total. The molecule has 144 valence electrons. The van der Waals surface area contributed by atoms with Crippen LogP contribution in [-0.4, -0.2) is 32.3 Å². The van der Waals surface area contributed by atoms with Crippen LogP contribution in [0.2, 0.25) is 0 Å². The Kier molecular flexibility index (Phi) is 4.95. The molecule has 27 heavy (non-hydrogen) atoms. The van der Waals surface area contributed by atoms with Crippen LogP contribution in [0.15, 0.2) is 36.5 Å². The van der Waals surface area contributed by atoms with Crippen LogP contribution in [0, 0.1) is 0 Å². The molecule has 0 bridgehead atoms. The van der Waals surface area contributed by atoms with Crippen LogP contribution < -0.4 is 5.32 Å². The summed E-state index contributed by atoms with van der Waals surface area (Å²) < 4.78 is 39.2. The van der Waals surface area contributed by atoms with E-state index in [9.17, 15) is 22.8 Å². The second-order valence-electron chi connectivity index (χ2n) is 6.71. The van der Waals surface area contributed by atoms with E-state index in [0.29, 0.717) is 18.5 Å². The van der Waals surface area contributed by atoms with Gasteiger partial charge >= 0.3 is 12.1 Å². The standard InChI is InChI=1S/C18H18F3N3O3/c19-18(20,21)14-6-9-24(23-14)13-5-3-4-12(10-13)16(27)22-17(11-15(25)26)7-1-2-8-17/h3-6,9-10H,1-2,7-8,11H2,(H,22,27)(H,25,26). The average Bonchev–Trinajstić information content (AvgIpc) is 3.24. The van der Waals surface area contributed by atoms with Gasteiger partial charge in [-0.05, 0) is 37.1 Å². The molecule has 0 atom stereocenters. The van der Waals surface area contributed by atoms with Gasteiger partial charge < -0.3 is 10.4 Å². The second kappa shape index (κ2) is 7.05. The fourth-order valence-corrected chi connectivity index (χ4v) is 3.41. The molecule has 1 aromatic carbocycles. The highest BCUT2D eigenvalue weighted by atomic mass is 19.4. The van der Waals surface area contributed by atoms with Crippen molar-refractivity contribution in [1.29, 1.82) is 0 Å². The number of amides is 1. The van der Waals surface area contributed by atoms with E-state index in [0.717, 1.165) is 23.6 Å². The predicted octanol–water partition coefficient (Wildman–Crippen LogP) is 3.41. The highest BCUT2D eigenvalue weighted by molar-refractivity contribution is 5.95. The van der Waals surface area contributed by atoms with Crippen LogP contribution in [0.1, 0.15) is 48.2 Å². The lowest BCUT2D eigenvalue weighted by molar-refractivity contribution is -0.141. The first-order valence-electron chi connectivity index (χ1n) is 8.46. The highest BCUT2D eigenvalue weighted by Gasteiger charge is 2.37. The maximum atomic E-state index is 12.7. The van der Waals surface area contributed by atoms with Crippen molar-refractivity contribution in [2.24, 2.45) is 0 Å². The van der Waals surface area contributed by atoms with E-state index in [2.05, 4.69) is 10.4 Å². The van der Waals surface area contributed by atoms with E-state index in [-0.39, 0.29) is 12.0 Å². The summed E-state index contributed by atoms with van der Waals surface area (Å²) in [6.45, 7) is 0. The second-order valence-corrected chi connectivity index (χ2v) is 6.71. The zero-order valence-electron chi connectivity index (χ0n) is 14.3. The van der Waals surface area contributed by atoms with E-state index in [1.807, 2.05) is 0 Å². The van der Waals surface area contributed by atoms with Crippen LogP contribution >= 0.6 is 0 Å². The number of carbonyl (C=O) groups excluding carboxylic acids is 1. The molecule has 3 rings (SSSR count). The number of halogens is 3. The number of rotatable bonds is 5. The molecule has 1 aliphatic rings. The van der Waals surface area contributed by atoms with Gasteiger partial charge in [-0.3, -0.25) is 9.59 Å². The summed E-state index contributed by atoms with van der Waals surface area (Å²) in [7, 11) is 0. The monoisotopic (exact) mass is 381 g/mol. The molecule has 2 aromatic rings. The number of nitrogens with one attached hydrogen (secondary N) is 1. The average molecular weight is 381 g/mol. The smallest absolute Gasteiger partial charge is 0.435 e. The SMILES string of the molecule is O=C(O)CC1(NC(=O)c2cccc(-n3ccc(C(F)(F)F)n3)c2)CCCC1. The van der Waals surface area contributed by atoms with Gasteiger partial charge in [0.15, 0.2) is 5.69 Å². The van der Waals surface area contributed by atoms with Crippen molar-refractivity contribution in [3.05, 3.63) is 47.8 Å². The molecule has 0 radical (unpaired) electrons. The van der Waals surface area contributed by atoms with E-state index < -0.39 is 29.3 Å². The number of carboxylic acid groups (broad SMARTS) is 1. The molecule has 9 heteroatoms. The Balaban J connectivity index is 1.81. The third-order valence-corrected chi connectivity index (χ3v) is 4.68. The maximum Gasteiger partial charge on any atom is 0.435 e. The fraction of sp³-hybridized carbons (Fsp3) is 0.389. The molecule has 0 unspecified atom stereocenters. The summed E-state index contributed by atoms with van der Waals surface area (Å²) in [5.74, 6) is -1.44. The summed E-state index contributed by atoms with van der Waals surface area (Å²) in [6, 6.07) is 6.87. The molecule has 0 aliphatic heterocycles. The van der Waals surface area contributed by atoms with Crippen LogP contribution in [0.5, 0.6) is 0 Å². The zero-order valence-corrected chi connectivity index (χ0v) is 14.3. The Hall–Kier alpha value is -2.84. The Bertz CT molecular complexity index is 855. The van der Waals surface area contributed by atoms with Gasteiger partial charge in [-0.2, -0.15) is 18.3 Å². The molecule has 1 fully saturated rings. The number of hydrogen-bond donors (Lipinski definition) is 2. The molecule has 1 amide bonds. The number of aromatic nitrogens is 2. The number of benzene rings is 1. The minimum atomic E-state index is -4.55. The molecule has 1 saturated carbocycles. The maximum absolute atomic E-state index is 12.7. The summed E-state index contributed by atoms with van der Waals surface area (Å²) in [5, 5.41) is 15.4. The topological polar surface area (TPSA) is 84.2 Å². The van der Waals surface area contributed by atoms with Crippen molar-refractivity contribution < 1.29 is 27.9 Å². The summed E-state index contributed by atoms with van der Waals surface area (Å²) in [4.78, 5) is 23.8. The highest BCUT2D eigenvalue weighted by Crippen LogP contribution is 2.33. The van der Waals surface area contributed by atoms with Crippen molar-refractivity contribution >= 4 is 11.9 Å². The van der Waals surface area contributed by atoms with Crippen molar-refractivity contribution in [2.45, 2.75) is 43.8 Å². The minimum Gasteiger partial charge on any atom is -0.481 e. The van der Waals surface area contributed by atoms with Gasteiger partial charge in [-0.1, -0.05) is 18.9 Å². The Morgan fingerprint density at radius 1 is 1.22 bits per heavy atom. The van der Waals surface area contributed by atoms with Crippen molar-refractivity contribution in [2.75, 3.05) is 0 Å². The van der Waals surface area contributed by atoms with Gasteiger partial charge in [-0.15, -0.1) is 0 Å². The Labute approximate surface area is 153 Å². The quantitative estimate of drug-likeness (QED) is 0.831. The largest absolute Gasteiger partial charge is 0.481 e. The molecule has 6 nitrogen and oxygen atoms in total. The third-order valence-electron chi connectivity index (χ3n) is 4.68. The van der Waals surface area contributed by atoms with Gasteiger partial charge in [0.2, 0.25) is 0 Å². The molecular weight excluding hydrogens is 363 g/mol. The van der Waals surface area contributed by atoms with E-state index in [1.165, 1.54) is 30.5 Å². The van der Waals surface area contributed by atoms with Crippen LogP contribution in [0.25, 0.3) is 5.69 Å². The first kappa shape index (κ1) is 18.9. The predicted molar refractivity (Wildman–Crippen MR) is 89.5 cm³/mol. The number of carboxylic acids is 1. The lowest BCUT2D eigenvalue weighted by Crippen LogP contribution is -2.47. The fourth-order valence-electron chi connectivity index (χ4n) is 3.41. The van der Waals surface area contributed by atoms with E-state index in [4.69, 9.17) is 5.11 Å². The van der Waals surface area contributed by atoms with Crippen LogP contribution in [0.3, 0.4) is 0 Å². The van der Waals surface area contributed by atoms with Gasteiger partial charge in [0.25, 0.3) is 5.91 Å². The van der Waals surface area contributed by atoms with E-state index in [1.54, 1.807) is 0 Å². The van der Waals surface area contributed by atoms with Crippen molar-refractivity contribution in [3.63, 3.8) is 0 Å². The number of alkyl halides is 3.